The molecule has 2 aromatic carbocycles. The van der Waals surface area contributed by atoms with Crippen molar-refractivity contribution in [1.29, 1.82) is 0 Å². The van der Waals surface area contributed by atoms with Crippen molar-refractivity contribution in [1.82, 2.24) is 9.21 Å². The van der Waals surface area contributed by atoms with Gasteiger partial charge in [0.25, 0.3) is 0 Å². The second kappa shape index (κ2) is 10.6. The molecule has 0 spiro atoms. The second-order valence-corrected chi connectivity index (χ2v) is 10.3. The Hall–Kier alpha value is -1.93. The van der Waals surface area contributed by atoms with Crippen molar-refractivity contribution in [2.75, 3.05) is 32.0 Å². The number of anilines is 1. The molecule has 0 bridgehead atoms. The largest absolute Gasteiger partial charge is 0.325 e. The van der Waals surface area contributed by atoms with Gasteiger partial charge in [0, 0.05) is 32.6 Å². The van der Waals surface area contributed by atoms with Gasteiger partial charge in [0.05, 0.1) is 15.6 Å². The lowest BCUT2D eigenvalue weighted by Gasteiger charge is -2.18. The standard InChI is InChI=1S/C23H30ClN3O3S/c1-3-18-6-8-19(9-7-18)17-26(2)15-12-23(28)25-22-16-20(10-11-21(22)24)31(29,30)27-13-4-5-14-27/h6-11,16H,3-5,12-15,17H2,1-2H3,(H,25,28). The third kappa shape index (κ3) is 6.29. The fourth-order valence-corrected chi connectivity index (χ4v) is 5.32. The molecule has 1 aliphatic heterocycles. The summed E-state index contributed by atoms with van der Waals surface area (Å²) in [6, 6.07) is 12.9. The van der Waals surface area contributed by atoms with Crippen molar-refractivity contribution < 1.29 is 13.2 Å². The lowest BCUT2D eigenvalue weighted by Crippen LogP contribution is -2.28. The maximum absolute atomic E-state index is 12.8. The van der Waals surface area contributed by atoms with Crippen LogP contribution in [-0.4, -0.2) is 50.2 Å². The van der Waals surface area contributed by atoms with E-state index in [0.29, 0.717) is 30.3 Å². The van der Waals surface area contributed by atoms with Crippen molar-refractivity contribution >= 4 is 33.2 Å². The number of sulfonamides is 1. The van der Waals surface area contributed by atoms with Crippen LogP contribution in [-0.2, 0) is 27.8 Å². The number of hydrogen-bond acceptors (Lipinski definition) is 4. The number of aryl methyl sites for hydroxylation is 1. The number of nitrogens with zero attached hydrogens (tertiary/aromatic N) is 2. The summed E-state index contributed by atoms with van der Waals surface area (Å²) >= 11 is 6.21. The minimum absolute atomic E-state index is 0.154. The lowest BCUT2D eigenvalue weighted by molar-refractivity contribution is -0.116. The topological polar surface area (TPSA) is 69.7 Å². The second-order valence-electron chi connectivity index (χ2n) is 7.96. The SMILES string of the molecule is CCc1ccc(CN(C)CCC(=O)Nc2cc(S(=O)(=O)N3CCCC3)ccc2Cl)cc1. The van der Waals surface area contributed by atoms with Gasteiger partial charge in [0.1, 0.15) is 0 Å². The van der Waals surface area contributed by atoms with Gasteiger partial charge in [-0.1, -0.05) is 42.8 Å². The maximum Gasteiger partial charge on any atom is 0.243 e. The number of carbonyl (C=O) groups excluding carboxylic acids is 1. The van der Waals surface area contributed by atoms with Crippen LogP contribution in [0.3, 0.4) is 0 Å². The third-order valence-corrected chi connectivity index (χ3v) is 7.74. The molecule has 3 rings (SSSR count). The fourth-order valence-electron chi connectivity index (χ4n) is 3.61. The highest BCUT2D eigenvalue weighted by Crippen LogP contribution is 2.28. The number of carbonyl (C=O) groups is 1. The summed E-state index contributed by atoms with van der Waals surface area (Å²) in [7, 11) is -1.59. The zero-order valence-corrected chi connectivity index (χ0v) is 19.7. The molecule has 168 valence electrons. The summed E-state index contributed by atoms with van der Waals surface area (Å²) in [4.78, 5) is 14.7. The monoisotopic (exact) mass is 463 g/mol. The molecule has 1 saturated heterocycles. The zero-order valence-electron chi connectivity index (χ0n) is 18.1. The maximum atomic E-state index is 12.8. The van der Waals surface area contributed by atoms with E-state index in [2.05, 4.69) is 41.4 Å². The van der Waals surface area contributed by atoms with E-state index >= 15 is 0 Å². The molecule has 31 heavy (non-hydrogen) atoms. The van der Waals surface area contributed by atoms with Gasteiger partial charge in [-0.15, -0.1) is 0 Å². The number of benzene rings is 2. The summed E-state index contributed by atoms with van der Waals surface area (Å²) in [5.74, 6) is -0.203. The van der Waals surface area contributed by atoms with E-state index < -0.39 is 10.0 Å². The van der Waals surface area contributed by atoms with Crippen LogP contribution < -0.4 is 5.32 Å². The molecule has 1 heterocycles. The molecule has 0 aromatic heterocycles. The Kier molecular flexibility index (Phi) is 8.11. The van der Waals surface area contributed by atoms with Gasteiger partial charge in [0.15, 0.2) is 0 Å². The van der Waals surface area contributed by atoms with Crippen LogP contribution in [0.2, 0.25) is 5.02 Å². The summed E-state index contributed by atoms with van der Waals surface area (Å²) in [6.07, 6.45) is 3.03. The normalized spacial score (nSPS) is 14.8. The van der Waals surface area contributed by atoms with Crippen molar-refractivity contribution in [2.45, 2.75) is 44.0 Å². The molecule has 1 aliphatic rings. The predicted octanol–water partition coefficient (Wildman–Crippen LogP) is 4.15. The van der Waals surface area contributed by atoms with Gasteiger partial charge in [-0.05, 0) is 55.6 Å². The molecular formula is C23H30ClN3O3S. The number of rotatable bonds is 9. The molecule has 0 aliphatic carbocycles. The van der Waals surface area contributed by atoms with Crippen molar-refractivity contribution in [3.05, 3.63) is 58.6 Å². The zero-order chi connectivity index (χ0) is 22.4. The molecule has 6 nitrogen and oxygen atoms in total. The first-order valence-corrected chi connectivity index (χ1v) is 12.5. The van der Waals surface area contributed by atoms with Crippen molar-refractivity contribution in [3.63, 3.8) is 0 Å². The Morgan fingerprint density at radius 3 is 2.39 bits per heavy atom. The van der Waals surface area contributed by atoms with Crippen LogP contribution in [0.5, 0.6) is 0 Å². The summed E-state index contributed by atoms with van der Waals surface area (Å²) in [5, 5.41) is 3.08. The fraction of sp³-hybridized carbons (Fsp3) is 0.435. The van der Waals surface area contributed by atoms with Gasteiger partial charge in [-0.2, -0.15) is 4.31 Å². The number of nitrogens with one attached hydrogen (secondary N) is 1. The van der Waals surface area contributed by atoms with E-state index in [0.717, 1.165) is 25.8 Å². The summed E-state index contributed by atoms with van der Waals surface area (Å²) < 4.78 is 27.0. The molecule has 8 heteroatoms. The quantitative estimate of drug-likeness (QED) is 0.606. The van der Waals surface area contributed by atoms with E-state index in [1.54, 1.807) is 0 Å². The Labute approximate surface area is 190 Å². The van der Waals surface area contributed by atoms with Crippen LogP contribution in [0.25, 0.3) is 0 Å². The Morgan fingerprint density at radius 2 is 1.74 bits per heavy atom. The van der Waals surface area contributed by atoms with Crippen LogP contribution in [0, 0.1) is 0 Å². The van der Waals surface area contributed by atoms with Crippen molar-refractivity contribution in [2.24, 2.45) is 0 Å². The highest BCUT2D eigenvalue weighted by molar-refractivity contribution is 7.89. The smallest absolute Gasteiger partial charge is 0.243 e. The molecule has 0 saturated carbocycles. The van der Waals surface area contributed by atoms with Crippen LogP contribution in [0.1, 0.15) is 37.3 Å². The average Bonchev–Trinajstić information content (AvgIpc) is 3.30. The molecule has 0 radical (unpaired) electrons. The summed E-state index contributed by atoms with van der Waals surface area (Å²) in [6.45, 7) is 4.51. The molecule has 0 unspecified atom stereocenters. The highest BCUT2D eigenvalue weighted by Gasteiger charge is 2.27. The number of halogens is 1. The van der Waals surface area contributed by atoms with E-state index in [9.17, 15) is 13.2 Å². The highest BCUT2D eigenvalue weighted by atomic mass is 35.5. The van der Waals surface area contributed by atoms with Gasteiger partial charge >= 0.3 is 0 Å². The first-order valence-electron chi connectivity index (χ1n) is 10.7. The third-order valence-electron chi connectivity index (χ3n) is 5.52. The molecular weight excluding hydrogens is 434 g/mol. The number of amides is 1. The lowest BCUT2D eigenvalue weighted by atomic mass is 10.1. The van der Waals surface area contributed by atoms with E-state index in [1.807, 2.05) is 7.05 Å². The molecule has 1 N–H and O–H groups in total. The molecule has 1 fully saturated rings. The minimum atomic E-state index is -3.56. The summed E-state index contributed by atoms with van der Waals surface area (Å²) in [5.41, 5.74) is 2.82. The average molecular weight is 464 g/mol. The minimum Gasteiger partial charge on any atom is -0.325 e. The first-order chi connectivity index (χ1) is 14.8. The Morgan fingerprint density at radius 1 is 1.10 bits per heavy atom. The van der Waals surface area contributed by atoms with Gasteiger partial charge in [0.2, 0.25) is 15.9 Å². The Bertz CT molecular complexity index is 1000. The number of hydrogen-bond donors (Lipinski definition) is 1. The van der Waals surface area contributed by atoms with Crippen LogP contribution in [0.15, 0.2) is 47.4 Å². The predicted molar refractivity (Wildman–Crippen MR) is 125 cm³/mol. The Balaban J connectivity index is 1.57. The van der Waals surface area contributed by atoms with Crippen molar-refractivity contribution in [3.8, 4) is 0 Å². The van der Waals surface area contributed by atoms with E-state index in [-0.39, 0.29) is 17.2 Å². The van der Waals surface area contributed by atoms with Crippen LogP contribution >= 0.6 is 11.6 Å². The molecule has 1 amide bonds. The van der Waals surface area contributed by atoms with E-state index in [4.69, 9.17) is 11.6 Å². The first kappa shape index (κ1) is 23.7. The molecule has 2 aromatic rings. The molecule has 0 atom stereocenters. The van der Waals surface area contributed by atoms with Crippen LogP contribution in [0.4, 0.5) is 5.69 Å². The van der Waals surface area contributed by atoms with Gasteiger partial charge in [-0.25, -0.2) is 8.42 Å². The van der Waals surface area contributed by atoms with Gasteiger partial charge < -0.3 is 10.2 Å². The van der Waals surface area contributed by atoms with E-state index in [1.165, 1.54) is 33.6 Å². The van der Waals surface area contributed by atoms with Gasteiger partial charge in [-0.3, -0.25) is 4.79 Å².